The lowest BCUT2D eigenvalue weighted by atomic mass is 9.78. The largest absolute Gasteiger partial charge is 0.490 e. The van der Waals surface area contributed by atoms with Crippen molar-refractivity contribution >= 4 is 0 Å². The highest BCUT2D eigenvalue weighted by Gasteiger charge is 2.23. The number of hydrogen-bond acceptors (Lipinski definition) is 2. The summed E-state index contributed by atoms with van der Waals surface area (Å²) in [6.07, 6.45) is 25.5. The summed E-state index contributed by atoms with van der Waals surface area (Å²) < 4.78 is 68.4. The van der Waals surface area contributed by atoms with Crippen molar-refractivity contribution in [1.29, 1.82) is 0 Å². The molecule has 6 heteroatoms. The number of hydrogen-bond donors (Lipinski definition) is 0. The number of halogens is 4. The van der Waals surface area contributed by atoms with Gasteiger partial charge in [0.05, 0.1) is 24.3 Å². The summed E-state index contributed by atoms with van der Waals surface area (Å²) in [4.78, 5) is 0. The molecular weight excluding hydrogens is 841 g/mol. The van der Waals surface area contributed by atoms with E-state index in [0.717, 1.165) is 89.9 Å². The van der Waals surface area contributed by atoms with Gasteiger partial charge in [-0.3, -0.25) is 0 Å². The van der Waals surface area contributed by atoms with E-state index in [9.17, 15) is 17.6 Å². The van der Waals surface area contributed by atoms with Gasteiger partial charge in [0.15, 0.2) is 23.1 Å². The van der Waals surface area contributed by atoms with E-state index < -0.39 is 23.3 Å². The summed E-state index contributed by atoms with van der Waals surface area (Å²) in [6.45, 7) is 9.47. The number of aryl methyl sites for hydroxylation is 2. The summed E-state index contributed by atoms with van der Waals surface area (Å²) in [5.41, 5.74) is 5.95. The molecule has 0 atom stereocenters. The van der Waals surface area contributed by atoms with Crippen molar-refractivity contribution in [3.63, 3.8) is 0 Å². The zero-order chi connectivity index (χ0) is 47.6. The second kappa shape index (κ2) is 29.9. The Labute approximate surface area is 402 Å². The maximum Gasteiger partial charge on any atom is 0.201 e. The molecule has 0 bridgehead atoms. The van der Waals surface area contributed by atoms with Crippen molar-refractivity contribution in [3.8, 4) is 35.2 Å². The van der Waals surface area contributed by atoms with E-state index in [4.69, 9.17) is 9.47 Å². The molecule has 362 valence electrons. The molecule has 0 amide bonds. The molecule has 0 heterocycles. The minimum absolute atomic E-state index is 0.0216. The van der Waals surface area contributed by atoms with E-state index >= 15 is 0 Å². The van der Waals surface area contributed by atoms with Gasteiger partial charge in [0.25, 0.3) is 0 Å². The SMILES string of the molecule is CCCCCCc1ccc([C@H]2CC[C@H](C#Cc3ccc(OCCCCC)c(F)c3F)CC2)cc1.CCCCCOc1ccc(C#C[C@H]2CC[C@H](c3ccc(CCCCC)cc3)CC2)c(F)c1F. The maximum atomic E-state index is 14.5. The van der Waals surface area contributed by atoms with Crippen LogP contribution in [-0.4, -0.2) is 13.2 Å². The fraction of sp³-hybridized carbons (Fsp3) is 0.541. The summed E-state index contributed by atoms with van der Waals surface area (Å²) >= 11 is 0. The normalized spacial score (nSPS) is 17.9. The zero-order valence-electron chi connectivity index (χ0n) is 41.2. The molecule has 67 heavy (non-hydrogen) atoms. The quantitative estimate of drug-likeness (QED) is 0.0471. The van der Waals surface area contributed by atoms with E-state index in [-0.39, 0.29) is 34.5 Å². The minimum Gasteiger partial charge on any atom is -0.490 e. The lowest BCUT2D eigenvalue weighted by molar-refractivity contribution is 0.286. The fourth-order valence-electron chi connectivity index (χ4n) is 9.30. The molecule has 0 unspecified atom stereocenters. The molecule has 6 rings (SSSR count). The van der Waals surface area contributed by atoms with Crippen LogP contribution in [0.15, 0.2) is 72.8 Å². The van der Waals surface area contributed by atoms with E-state index in [1.807, 2.05) is 0 Å². The van der Waals surface area contributed by atoms with E-state index in [1.54, 1.807) is 0 Å². The van der Waals surface area contributed by atoms with Crippen LogP contribution in [-0.2, 0) is 12.8 Å². The third kappa shape index (κ3) is 17.7. The Bertz CT molecular complexity index is 2160. The molecule has 0 spiro atoms. The highest BCUT2D eigenvalue weighted by atomic mass is 19.2. The molecule has 2 aliphatic carbocycles. The van der Waals surface area contributed by atoms with Gasteiger partial charge in [0.1, 0.15) is 0 Å². The summed E-state index contributed by atoms with van der Waals surface area (Å²) in [5, 5.41) is 0. The van der Waals surface area contributed by atoms with Gasteiger partial charge >= 0.3 is 0 Å². The smallest absolute Gasteiger partial charge is 0.201 e. The van der Waals surface area contributed by atoms with Crippen molar-refractivity contribution < 1.29 is 27.0 Å². The second-order valence-electron chi connectivity index (χ2n) is 19.0. The Hall–Kier alpha value is -4.68. The first-order chi connectivity index (χ1) is 32.7. The fourth-order valence-corrected chi connectivity index (χ4v) is 9.30. The lowest BCUT2D eigenvalue weighted by Crippen LogP contribution is -2.12. The number of rotatable bonds is 21. The summed E-state index contributed by atoms with van der Waals surface area (Å²) in [6, 6.07) is 24.4. The molecule has 2 nitrogen and oxygen atoms in total. The van der Waals surface area contributed by atoms with Crippen LogP contribution in [0.1, 0.15) is 208 Å². The lowest BCUT2D eigenvalue weighted by Gasteiger charge is -2.26. The highest BCUT2D eigenvalue weighted by Crippen LogP contribution is 2.37. The van der Waals surface area contributed by atoms with Crippen LogP contribution in [0.2, 0.25) is 0 Å². The van der Waals surface area contributed by atoms with Crippen LogP contribution in [0.4, 0.5) is 17.6 Å². The molecule has 4 aromatic carbocycles. The topological polar surface area (TPSA) is 18.5 Å². The Kier molecular flexibility index (Phi) is 23.8. The number of ether oxygens (including phenoxy) is 2. The maximum absolute atomic E-state index is 14.5. The molecule has 0 saturated heterocycles. The molecule has 2 saturated carbocycles. The number of unbranched alkanes of at least 4 members (excludes halogenated alkanes) is 9. The van der Waals surface area contributed by atoms with Gasteiger partial charge in [0.2, 0.25) is 11.6 Å². The van der Waals surface area contributed by atoms with Crippen LogP contribution in [0.3, 0.4) is 0 Å². The van der Waals surface area contributed by atoms with Crippen molar-refractivity contribution in [2.24, 2.45) is 11.8 Å². The Morgan fingerprint density at radius 1 is 0.403 bits per heavy atom. The average molecular weight is 919 g/mol. The standard InChI is InChI=1S/C31H40F2O.C30H38F2O/c1-3-5-7-8-10-24-11-16-26(17-12-24)27-18-13-25(14-19-27)15-20-28-21-22-29(31(33)30(28)32)34-23-9-6-4-2;1-3-5-7-9-23-10-15-25(16-11-23)26-17-12-24(13-18-26)14-19-27-20-21-28(30(32)29(27)31)33-22-8-6-4-2/h11-12,16-17,21-22,25,27H,3-10,13-14,18-19,23H2,1-2H3;10-11,15-16,20-21,24,26H,3-9,12-13,17-18,22H2,1-2H3/t25-,27-;24-,26-. The van der Waals surface area contributed by atoms with Gasteiger partial charge in [-0.2, -0.15) is 8.78 Å². The molecule has 2 aliphatic rings. The Morgan fingerprint density at radius 2 is 0.761 bits per heavy atom. The van der Waals surface area contributed by atoms with Crippen molar-refractivity contribution in [3.05, 3.63) is 129 Å². The van der Waals surface area contributed by atoms with E-state index in [2.05, 4.69) is 99.9 Å². The third-order valence-corrected chi connectivity index (χ3v) is 13.7. The van der Waals surface area contributed by atoms with Gasteiger partial charge in [-0.1, -0.05) is 158 Å². The molecule has 0 aliphatic heterocycles. The second-order valence-corrected chi connectivity index (χ2v) is 19.0. The van der Waals surface area contributed by atoms with Crippen LogP contribution in [0.5, 0.6) is 11.5 Å². The molecule has 2 fully saturated rings. The van der Waals surface area contributed by atoms with Crippen molar-refractivity contribution in [1.82, 2.24) is 0 Å². The third-order valence-electron chi connectivity index (χ3n) is 13.7. The summed E-state index contributed by atoms with van der Waals surface area (Å²) in [7, 11) is 0. The van der Waals surface area contributed by atoms with Gasteiger partial charge in [-0.05, 0) is 148 Å². The molecule has 0 N–H and O–H groups in total. The van der Waals surface area contributed by atoms with Crippen LogP contribution >= 0.6 is 0 Å². The molecule has 4 aromatic rings. The Balaban J connectivity index is 0.000000251. The van der Waals surface area contributed by atoms with Gasteiger partial charge in [-0.15, -0.1) is 0 Å². The van der Waals surface area contributed by atoms with Gasteiger partial charge < -0.3 is 9.47 Å². The first-order valence-corrected chi connectivity index (χ1v) is 26.2. The van der Waals surface area contributed by atoms with Crippen LogP contribution in [0, 0.1) is 58.8 Å². The highest BCUT2D eigenvalue weighted by molar-refractivity contribution is 5.42. The predicted molar refractivity (Wildman–Crippen MR) is 270 cm³/mol. The zero-order valence-corrected chi connectivity index (χ0v) is 41.2. The average Bonchev–Trinajstić information content (AvgIpc) is 3.36. The molecule has 0 aromatic heterocycles. The predicted octanol–water partition coefficient (Wildman–Crippen LogP) is 17.6. The molecule has 0 radical (unpaired) electrons. The monoisotopic (exact) mass is 919 g/mol. The minimum atomic E-state index is -0.930. The van der Waals surface area contributed by atoms with E-state index in [0.29, 0.717) is 25.0 Å². The van der Waals surface area contributed by atoms with E-state index in [1.165, 1.54) is 104 Å². The van der Waals surface area contributed by atoms with Crippen LogP contribution < -0.4 is 9.47 Å². The molecular formula is C61H78F4O2. The van der Waals surface area contributed by atoms with Crippen LogP contribution in [0.25, 0.3) is 0 Å². The first-order valence-electron chi connectivity index (χ1n) is 26.2. The van der Waals surface area contributed by atoms with Crippen molar-refractivity contribution in [2.45, 2.75) is 187 Å². The number of benzene rings is 4. The Morgan fingerprint density at radius 3 is 1.15 bits per heavy atom. The van der Waals surface area contributed by atoms with Crippen molar-refractivity contribution in [2.75, 3.05) is 13.2 Å². The van der Waals surface area contributed by atoms with Gasteiger partial charge in [-0.25, -0.2) is 8.78 Å². The summed E-state index contributed by atoms with van der Waals surface area (Å²) in [5.74, 6) is 10.1. The van der Waals surface area contributed by atoms with Gasteiger partial charge in [0, 0.05) is 11.8 Å². The first kappa shape index (κ1) is 53.3.